The van der Waals surface area contributed by atoms with E-state index in [9.17, 15) is 9.59 Å². The molecule has 0 aliphatic carbocycles. The summed E-state index contributed by atoms with van der Waals surface area (Å²) >= 11 is 1.58. The highest BCUT2D eigenvalue weighted by Crippen LogP contribution is 2.32. The fourth-order valence-electron chi connectivity index (χ4n) is 5.32. The number of rotatable bonds is 9. The van der Waals surface area contributed by atoms with Crippen LogP contribution in [0, 0.1) is 0 Å². The number of carbonyl (C=O) groups excluding carboxylic acids is 2. The molecule has 1 saturated heterocycles. The van der Waals surface area contributed by atoms with Gasteiger partial charge in [0.2, 0.25) is 0 Å². The third-order valence-electron chi connectivity index (χ3n) is 7.48. The summed E-state index contributed by atoms with van der Waals surface area (Å²) < 4.78 is 17.7. The summed E-state index contributed by atoms with van der Waals surface area (Å²) in [6.45, 7) is 7.55. The number of likely N-dealkylation sites (tertiary alicyclic amines) is 1. The van der Waals surface area contributed by atoms with Crippen molar-refractivity contribution in [1.29, 1.82) is 0 Å². The maximum atomic E-state index is 12.9. The van der Waals surface area contributed by atoms with E-state index in [0.717, 1.165) is 23.1 Å². The minimum Gasteiger partial charge on any atom is -0.465 e. The first kappa shape index (κ1) is 29.8. The Morgan fingerprint density at radius 3 is 2.43 bits per heavy atom. The third kappa shape index (κ3) is 8.20. The van der Waals surface area contributed by atoms with Gasteiger partial charge in [-0.15, -0.1) is 0 Å². The maximum Gasteiger partial charge on any atom is 0.410 e. The Labute approximate surface area is 252 Å². The minimum absolute atomic E-state index is 0.140. The molecule has 220 valence electrons. The van der Waals surface area contributed by atoms with Crippen LogP contribution in [0.15, 0.2) is 83.6 Å². The highest BCUT2D eigenvalue weighted by atomic mass is 32.1. The van der Waals surface area contributed by atoms with Gasteiger partial charge in [0.15, 0.2) is 0 Å². The van der Waals surface area contributed by atoms with E-state index < -0.39 is 5.60 Å². The number of hydrogen-bond donors (Lipinski definition) is 0. The standard InChI is InChI=1S/C35H39NO5S/c1-35(2,3)41-34(38)36-17-14-31(32(22-36)40-23-26-10-11-28-6-4-5-7-30(28)20-26)29-12-8-25(9-13-29)15-18-39-33(37)21-27-16-19-42-24-27/h4-13,16,19-20,24,31-32H,14-15,17-18,21-23H2,1-3H3. The molecule has 2 atom stereocenters. The molecule has 0 saturated carbocycles. The first-order chi connectivity index (χ1) is 20.2. The predicted molar refractivity (Wildman–Crippen MR) is 167 cm³/mol. The molecule has 1 amide bonds. The summed E-state index contributed by atoms with van der Waals surface area (Å²) in [6.07, 6.45) is 1.27. The van der Waals surface area contributed by atoms with Crippen LogP contribution in [0.25, 0.3) is 10.8 Å². The predicted octanol–water partition coefficient (Wildman–Crippen LogP) is 7.54. The second kappa shape index (κ2) is 13.5. The van der Waals surface area contributed by atoms with Gasteiger partial charge in [0.05, 0.1) is 32.3 Å². The van der Waals surface area contributed by atoms with Crippen molar-refractivity contribution in [2.45, 2.75) is 64.3 Å². The van der Waals surface area contributed by atoms with E-state index in [-0.39, 0.29) is 24.1 Å². The van der Waals surface area contributed by atoms with E-state index in [4.69, 9.17) is 14.2 Å². The van der Waals surface area contributed by atoms with Crippen LogP contribution < -0.4 is 0 Å². The third-order valence-corrected chi connectivity index (χ3v) is 8.21. The topological polar surface area (TPSA) is 65.1 Å². The number of thiophene rings is 1. The Bertz CT molecular complexity index is 1480. The van der Waals surface area contributed by atoms with Gasteiger partial charge in [0.1, 0.15) is 5.60 Å². The van der Waals surface area contributed by atoms with Crippen LogP contribution in [0.1, 0.15) is 55.4 Å². The number of carbonyl (C=O) groups is 2. The molecular weight excluding hydrogens is 546 g/mol. The van der Waals surface area contributed by atoms with Crippen LogP contribution in [-0.2, 0) is 38.5 Å². The molecule has 6 nitrogen and oxygen atoms in total. The molecule has 1 aliphatic rings. The molecule has 1 fully saturated rings. The number of fused-ring (bicyclic) bond motifs is 1. The van der Waals surface area contributed by atoms with Crippen molar-refractivity contribution >= 4 is 34.2 Å². The fourth-order valence-corrected chi connectivity index (χ4v) is 5.98. The number of benzene rings is 3. The molecule has 0 bridgehead atoms. The van der Waals surface area contributed by atoms with Crippen molar-refractivity contribution in [2.75, 3.05) is 19.7 Å². The smallest absolute Gasteiger partial charge is 0.410 e. The number of piperidine rings is 1. The maximum absolute atomic E-state index is 12.9. The SMILES string of the molecule is CC(C)(C)OC(=O)N1CCC(c2ccc(CCOC(=O)Cc3ccsc3)cc2)C(OCc2ccc3ccccc3c2)C1. The Balaban J connectivity index is 1.23. The second-order valence-electron chi connectivity index (χ2n) is 11.9. The van der Waals surface area contributed by atoms with Crippen molar-refractivity contribution in [1.82, 2.24) is 4.90 Å². The molecule has 2 unspecified atom stereocenters. The zero-order valence-electron chi connectivity index (χ0n) is 24.6. The molecule has 7 heteroatoms. The van der Waals surface area contributed by atoms with Gasteiger partial charge in [-0.1, -0.05) is 60.7 Å². The quantitative estimate of drug-likeness (QED) is 0.190. The van der Waals surface area contributed by atoms with Gasteiger partial charge in [-0.25, -0.2) is 4.79 Å². The van der Waals surface area contributed by atoms with Gasteiger partial charge in [-0.05, 0) is 83.1 Å². The van der Waals surface area contributed by atoms with Crippen LogP contribution in [0.3, 0.4) is 0 Å². The largest absolute Gasteiger partial charge is 0.465 e. The fraction of sp³-hybridized carbons (Fsp3) is 0.371. The van der Waals surface area contributed by atoms with Crippen molar-refractivity contribution < 1.29 is 23.8 Å². The monoisotopic (exact) mass is 585 g/mol. The number of nitrogens with zero attached hydrogens (tertiary/aromatic N) is 1. The highest BCUT2D eigenvalue weighted by Gasteiger charge is 2.35. The van der Waals surface area contributed by atoms with Crippen molar-refractivity contribution in [3.05, 3.63) is 106 Å². The molecule has 4 aromatic rings. The lowest BCUT2D eigenvalue weighted by atomic mass is 9.86. The van der Waals surface area contributed by atoms with Crippen LogP contribution in [0.4, 0.5) is 4.79 Å². The zero-order valence-corrected chi connectivity index (χ0v) is 25.4. The molecule has 0 N–H and O–H groups in total. The van der Waals surface area contributed by atoms with Gasteiger partial charge in [0, 0.05) is 18.9 Å². The average molecular weight is 586 g/mol. The lowest BCUT2D eigenvalue weighted by Gasteiger charge is -2.39. The summed E-state index contributed by atoms with van der Waals surface area (Å²) in [5.74, 6) is -0.0604. The first-order valence-corrected chi connectivity index (χ1v) is 15.5. The summed E-state index contributed by atoms with van der Waals surface area (Å²) in [4.78, 5) is 26.8. The Hall–Kier alpha value is -3.68. The lowest BCUT2D eigenvalue weighted by Crippen LogP contribution is -2.48. The minimum atomic E-state index is -0.552. The van der Waals surface area contributed by atoms with Crippen LogP contribution in [0.2, 0.25) is 0 Å². The molecule has 1 aromatic heterocycles. The van der Waals surface area contributed by atoms with Crippen molar-refractivity contribution in [2.24, 2.45) is 0 Å². The molecule has 0 radical (unpaired) electrons. The van der Waals surface area contributed by atoms with Crippen LogP contribution in [0.5, 0.6) is 0 Å². The van der Waals surface area contributed by atoms with Gasteiger partial charge >= 0.3 is 12.1 Å². The highest BCUT2D eigenvalue weighted by molar-refractivity contribution is 7.08. The number of amides is 1. The van der Waals surface area contributed by atoms with E-state index in [2.05, 4.69) is 54.6 Å². The lowest BCUT2D eigenvalue weighted by molar-refractivity contribution is -0.142. The van der Waals surface area contributed by atoms with E-state index in [1.165, 1.54) is 16.3 Å². The number of ether oxygens (including phenoxy) is 3. The van der Waals surface area contributed by atoms with Crippen molar-refractivity contribution in [3.63, 3.8) is 0 Å². The number of hydrogen-bond acceptors (Lipinski definition) is 6. The Morgan fingerprint density at radius 1 is 0.929 bits per heavy atom. The van der Waals surface area contributed by atoms with Crippen molar-refractivity contribution in [3.8, 4) is 0 Å². The number of esters is 1. The van der Waals surface area contributed by atoms with E-state index in [1.807, 2.05) is 49.7 Å². The molecule has 0 spiro atoms. The van der Waals surface area contributed by atoms with Gasteiger partial charge in [-0.3, -0.25) is 4.79 Å². The van der Waals surface area contributed by atoms with Gasteiger partial charge in [0.25, 0.3) is 0 Å². The first-order valence-electron chi connectivity index (χ1n) is 14.6. The van der Waals surface area contributed by atoms with Crippen LogP contribution >= 0.6 is 11.3 Å². The Kier molecular flexibility index (Phi) is 9.60. The summed E-state index contributed by atoms with van der Waals surface area (Å²) in [5, 5.41) is 6.31. The summed E-state index contributed by atoms with van der Waals surface area (Å²) in [7, 11) is 0. The van der Waals surface area contributed by atoms with E-state index in [1.54, 1.807) is 16.2 Å². The molecule has 1 aliphatic heterocycles. The average Bonchev–Trinajstić information content (AvgIpc) is 3.48. The van der Waals surface area contributed by atoms with Gasteiger partial charge < -0.3 is 19.1 Å². The van der Waals surface area contributed by atoms with E-state index in [0.29, 0.717) is 39.1 Å². The van der Waals surface area contributed by atoms with Crippen LogP contribution in [-0.4, -0.2) is 48.4 Å². The second-order valence-corrected chi connectivity index (χ2v) is 12.7. The normalized spacial score (nSPS) is 17.3. The summed E-state index contributed by atoms with van der Waals surface area (Å²) in [5.41, 5.74) is 3.83. The molecule has 42 heavy (non-hydrogen) atoms. The summed E-state index contributed by atoms with van der Waals surface area (Å²) in [6, 6.07) is 25.1. The molecule has 3 aromatic carbocycles. The molecule has 2 heterocycles. The van der Waals surface area contributed by atoms with Gasteiger partial charge in [-0.2, -0.15) is 11.3 Å². The van der Waals surface area contributed by atoms with E-state index >= 15 is 0 Å². The zero-order chi connectivity index (χ0) is 29.5. The molecule has 5 rings (SSSR count). The Morgan fingerprint density at radius 2 is 1.69 bits per heavy atom. The molecular formula is C35H39NO5S.